The Morgan fingerprint density at radius 3 is 2.67 bits per heavy atom. The highest BCUT2D eigenvalue weighted by atomic mass is 15.3. The Balaban J connectivity index is 1.82. The van der Waals surface area contributed by atoms with Crippen molar-refractivity contribution in [2.45, 2.75) is 64.1 Å². The van der Waals surface area contributed by atoms with Crippen LogP contribution in [0.2, 0.25) is 0 Å². The Bertz CT molecular complexity index is 465. The van der Waals surface area contributed by atoms with E-state index in [0.29, 0.717) is 11.1 Å². The highest BCUT2D eigenvalue weighted by Gasteiger charge is 2.49. The van der Waals surface area contributed by atoms with E-state index in [1.165, 1.54) is 31.2 Å². The minimum absolute atomic E-state index is 0.296. The van der Waals surface area contributed by atoms with Gasteiger partial charge in [-0.3, -0.25) is 9.88 Å². The van der Waals surface area contributed by atoms with E-state index in [2.05, 4.69) is 48.1 Å². The molecule has 3 heteroatoms. The van der Waals surface area contributed by atoms with Crippen LogP contribution in [-0.4, -0.2) is 34.1 Å². The van der Waals surface area contributed by atoms with Gasteiger partial charge in [0.25, 0.3) is 0 Å². The molecule has 21 heavy (non-hydrogen) atoms. The van der Waals surface area contributed by atoms with Crippen molar-refractivity contribution in [3.8, 4) is 0 Å². The molecule has 1 aliphatic carbocycles. The Morgan fingerprint density at radius 1 is 1.33 bits per heavy atom. The van der Waals surface area contributed by atoms with Crippen molar-refractivity contribution >= 4 is 0 Å². The number of hydrogen-bond donors (Lipinski definition) is 1. The van der Waals surface area contributed by atoms with Gasteiger partial charge in [0.05, 0.1) is 0 Å². The fourth-order valence-corrected chi connectivity index (χ4v) is 3.98. The molecule has 1 unspecified atom stereocenters. The molecule has 116 valence electrons. The molecule has 1 saturated heterocycles. The molecule has 1 atom stereocenters. The minimum Gasteiger partial charge on any atom is -0.308 e. The van der Waals surface area contributed by atoms with Crippen LogP contribution in [0.15, 0.2) is 24.5 Å². The molecule has 1 aromatic rings. The fraction of sp³-hybridized carbons (Fsp3) is 0.722. The number of pyridine rings is 1. The predicted octanol–water partition coefficient (Wildman–Crippen LogP) is 3.21. The van der Waals surface area contributed by atoms with E-state index < -0.39 is 0 Å². The van der Waals surface area contributed by atoms with Crippen molar-refractivity contribution in [2.24, 2.45) is 5.92 Å². The van der Waals surface area contributed by atoms with Crippen LogP contribution >= 0.6 is 0 Å². The lowest BCUT2D eigenvalue weighted by Gasteiger charge is -2.54. The molecule has 3 rings (SSSR count). The predicted molar refractivity (Wildman–Crippen MR) is 87.1 cm³/mol. The third kappa shape index (κ3) is 2.86. The summed E-state index contributed by atoms with van der Waals surface area (Å²) < 4.78 is 0. The number of rotatable bonds is 5. The van der Waals surface area contributed by atoms with E-state index in [1.54, 1.807) is 0 Å². The molecule has 3 nitrogen and oxygen atoms in total. The first-order chi connectivity index (χ1) is 10.1. The molecule has 0 aromatic carbocycles. The third-order valence-corrected chi connectivity index (χ3v) is 5.90. The molecule has 0 bridgehead atoms. The summed E-state index contributed by atoms with van der Waals surface area (Å²) in [6.07, 6.45) is 9.09. The second-order valence-corrected chi connectivity index (χ2v) is 7.19. The van der Waals surface area contributed by atoms with Gasteiger partial charge in [-0.1, -0.05) is 19.9 Å². The number of nitrogens with one attached hydrogen (secondary N) is 1. The molecule has 0 radical (unpaired) electrons. The van der Waals surface area contributed by atoms with Gasteiger partial charge >= 0.3 is 0 Å². The van der Waals surface area contributed by atoms with Crippen molar-refractivity contribution in [1.29, 1.82) is 0 Å². The summed E-state index contributed by atoms with van der Waals surface area (Å²) in [5.41, 5.74) is 1.93. The number of aromatic nitrogens is 1. The van der Waals surface area contributed by atoms with E-state index in [1.807, 2.05) is 12.4 Å². The summed E-state index contributed by atoms with van der Waals surface area (Å²) in [6, 6.07) is 4.26. The number of piperazine rings is 1. The number of hydrogen-bond acceptors (Lipinski definition) is 3. The van der Waals surface area contributed by atoms with Crippen molar-refractivity contribution in [2.75, 3.05) is 13.1 Å². The SMILES string of the molecule is CCC1(CC)CNC(C)(C2CC2)CN1Cc1cccnc1. The van der Waals surface area contributed by atoms with Crippen LogP contribution in [0.25, 0.3) is 0 Å². The molecule has 0 spiro atoms. The first-order valence-electron chi connectivity index (χ1n) is 8.51. The lowest BCUT2D eigenvalue weighted by Crippen LogP contribution is -2.69. The number of nitrogens with zero attached hydrogens (tertiary/aromatic N) is 2. The smallest absolute Gasteiger partial charge is 0.0333 e. The average molecular weight is 287 g/mol. The van der Waals surface area contributed by atoms with Crippen molar-refractivity contribution in [1.82, 2.24) is 15.2 Å². The molecule has 1 N–H and O–H groups in total. The van der Waals surface area contributed by atoms with Gasteiger partial charge in [-0.25, -0.2) is 0 Å². The topological polar surface area (TPSA) is 28.2 Å². The van der Waals surface area contributed by atoms with Crippen molar-refractivity contribution < 1.29 is 0 Å². The van der Waals surface area contributed by atoms with E-state index in [0.717, 1.165) is 25.6 Å². The Kier molecular flexibility index (Phi) is 4.06. The van der Waals surface area contributed by atoms with Crippen LogP contribution in [0.5, 0.6) is 0 Å². The summed E-state index contributed by atoms with van der Waals surface area (Å²) in [5, 5.41) is 3.91. The fourth-order valence-electron chi connectivity index (χ4n) is 3.98. The van der Waals surface area contributed by atoms with Crippen molar-refractivity contribution in [3.63, 3.8) is 0 Å². The maximum absolute atomic E-state index is 4.29. The zero-order valence-electron chi connectivity index (χ0n) is 13.7. The first-order valence-corrected chi connectivity index (χ1v) is 8.51. The summed E-state index contributed by atoms with van der Waals surface area (Å²) >= 11 is 0. The van der Waals surface area contributed by atoms with Gasteiger partial charge in [-0.15, -0.1) is 0 Å². The quantitative estimate of drug-likeness (QED) is 0.901. The van der Waals surface area contributed by atoms with Crippen LogP contribution in [0.1, 0.15) is 52.0 Å². The Morgan fingerprint density at radius 2 is 2.10 bits per heavy atom. The molecule has 1 aliphatic heterocycles. The lowest BCUT2D eigenvalue weighted by molar-refractivity contribution is -0.00976. The maximum Gasteiger partial charge on any atom is 0.0333 e. The highest BCUT2D eigenvalue weighted by molar-refractivity contribution is 5.13. The van der Waals surface area contributed by atoms with Crippen molar-refractivity contribution in [3.05, 3.63) is 30.1 Å². The lowest BCUT2D eigenvalue weighted by atomic mass is 9.81. The van der Waals surface area contributed by atoms with E-state index in [-0.39, 0.29) is 0 Å². The van der Waals surface area contributed by atoms with E-state index >= 15 is 0 Å². The molecule has 2 aliphatic rings. The van der Waals surface area contributed by atoms with Crippen LogP contribution in [0.4, 0.5) is 0 Å². The standard InChI is InChI=1S/C18H29N3/c1-4-18(5-2)13-20-17(3,16-8-9-16)14-21(18)12-15-7-6-10-19-11-15/h6-7,10-11,16,20H,4-5,8-9,12-14H2,1-3H3. The molecule has 1 saturated carbocycles. The first kappa shape index (κ1) is 15.0. The third-order valence-electron chi connectivity index (χ3n) is 5.90. The molecule has 1 aromatic heterocycles. The van der Waals surface area contributed by atoms with Crippen LogP contribution < -0.4 is 5.32 Å². The van der Waals surface area contributed by atoms with Gasteiger partial charge in [-0.05, 0) is 50.2 Å². The van der Waals surface area contributed by atoms with Gasteiger partial charge in [0.1, 0.15) is 0 Å². The average Bonchev–Trinajstić information content (AvgIpc) is 3.35. The van der Waals surface area contributed by atoms with Gasteiger partial charge < -0.3 is 5.32 Å². The molecule has 2 fully saturated rings. The minimum atomic E-state index is 0.296. The van der Waals surface area contributed by atoms with Gasteiger partial charge in [0.15, 0.2) is 0 Å². The molecular weight excluding hydrogens is 258 g/mol. The van der Waals surface area contributed by atoms with E-state index in [9.17, 15) is 0 Å². The largest absolute Gasteiger partial charge is 0.308 e. The van der Waals surface area contributed by atoms with Gasteiger partial charge in [0, 0.05) is 43.1 Å². The highest BCUT2D eigenvalue weighted by Crippen LogP contribution is 2.43. The van der Waals surface area contributed by atoms with Crippen LogP contribution in [0.3, 0.4) is 0 Å². The van der Waals surface area contributed by atoms with E-state index in [4.69, 9.17) is 0 Å². The van der Waals surface area contributed by atoms with Gasteiger partial charge in [-0.2, -0.15) is 0 Å². The summed E-state index contributed by atoms with van der Waals surface area (Å²) in [4.78, 5) is 7.03. The molecular formula is C18H29N3. The van der Waals surface area contributed by atoms with Gasteiger partial charge in [0.2, 0.25) is 0 Å². The Hall–Kier alpha value is -0.930. The summed E-state index contributed by atoms with van der Waals surface area (Å²) in [5.74, 6) is 0.876. The molecule has 2 heterocycles. The monoisotopic (exact) mass is 287 g/mol. The second kappa shape index (κ2) is 5.69. The summed E-state index contributed by atoms with van der Waals surface area (Å²) in [6.45, 7) is 10.4. The second-order valence-electron chi connectivity index (χ2n) is 7.19. The zero-order valence-corrected chi connectivity index (χ0v) is 13.7. The Labute approximate surface area is 129 Å². The summed E-state index contributed by atoms with van der Waals surface area (Å²) in [7, 11) is 0. The molecule has 0 amide bonds. The van der Waals surface area contributed by atoms with Crippen LogP contribution in [0, 0.1) is 5.92 Å². The van der Waals surface area contributed by atoms with Crippen LogP contribution in [-0.2, 0) is 6.54 Å². The normalized spacial score (nSPS) is 29.5. The maximum atomic E-state index is 4.29. The zero-order chi connectivity index (χ0) is 14.9.